The van der Waals surface area contributed by atoms with Crippen LogP contribution in [0.25, 0.3) is 0 Å². The molecule has 3 nitrogen and oxygen atoms in total. The molecule has 0 amide bonds. The summed E-state index contributed by atoms with van der Waals surface area (Å²) in [5.41, 5.74) is 0. The first kappa shape index (κ1) is 12.1. The lowest BCUT2D eigenvalue weighted by molar-refractivity contribution is 0.218. The molecule has 0 aromatic rings. The van der Waals surface area contributed by atoms with Crippen LogP contribution in [0.2, 0.25) is 0 Å². The summed E-state index contributed by atoms with van der Waals surface area (Å²) in [4.78, 5) is 0. The first-order valence-electron chi connectivity index (χ1n) is 4.24. The molecule has 0 radical (unpaired) electrons. The van der Waals surface area contributed by atoms with Gasteiger partial charge < -0.3 is 10.1 Å². The zero-order chi connectivity index (χ0) is 9.40. The average molecular weight is 193 g/mol. The first-order valence-corrected chi connectivity index (χ1v) is 5.73. The van der Waals surface area contributed by atoms with Gasteiger partial charge in [0.1, 0.15) is 0 Å². The minimum Gasteiger partial charge on any atom is -0.384 e. The molecular weight excluding hydrogens is 174 g/mol. The van der Waals surface area contributed by atoms with Crippen LogP contribution < -0.4 is 5.32 Å². The molecule has 0 rings (SSSR count). The Morgan fingerprint density at radius 1 is 1.42 bits per heavy atom. The fourth-order valence-corrected chi connectivity index (χ4v) is 1.64. The third-order valence-corrected chi connectivity index (χ3v) is 2.68. The highest BCUT2D eigenvalue weighted by atomic mass is 32.2. The Hall–Kier alpha value is 0.0700. The van der Waals surface area contributed by atoms with Gasteiger partial charge in [-0.05, 0) is 0 Å². The van der Waals surface area contributed by atoms with Crippen LogP contribution in [0, 0.1) is 0 Å². The fraction of sp³-hybridized carbons (Fsp3) is 1.00. The van der Waals surface area contributed by atoms with Crippen molar-refractivity contribution in [2.24, 2.45) is 0 Å². The van der Waals surface area contributed by atoms with Crippen LogP contribution >= 0.6 is 0 Å². The molecule has 74 valence electrons. The third-order valence-electron chi connectivity index (χ3n) is 1.40. The van der Waals surface area contributed by atoms with Crippen molar-refractivity contribution >= 4 is 10.8 Å². The van der Waals surface area contributed by atoms with E-state index in [-0.39, 0.29) is 0 Å². The van der Waals surface area contributed by atoms with E-state index in [0.29, 0.717) is 18.4 Å². The molecule has 0 fully saturated rings. The van der Waals surface area contributed by atoms with Gasteiger partial charge in [0.2, 0.25) is 0 Å². The summed E-state index contributed by atoms with van der Waals surface area (Å²) in [6, 6.07) is 0.476. The lowest BCUT2D eigenvalue weighted by Gasteiger charge is -2.07. The Morgan fingerprint density at radius 3 is 2.58 bits per heavy atom. The van der Waals surface area contributed by atoms with E-state index in [1.54, 1.807) is 7.11 Å². The molecule has 1 N–H and O–H groups in total. The molecule has 4 heteroatoms. The second-order valence-electron chi connectivity index (χ2n) is 2.95. The summed E-state index contributed by atoms with van der Waals surface area (Å²) in [6.45, 7) is 5.58. The van der Waals surface area contributed by atoms with E-state index >= 15 is 0 Å². The van der Waals surface area contributed by atoms with E-state index in [1.165, 1.54) is 0 Å². The van der Waals surface area contributed by atoms with Gasteiger partial charge in [-0.25, -0.2) is 0 Å². The van der Waals surface area contributed by atoms with Crippen molar-refractivity contribution in [1.29, 1.82) is 0 Å². The summed E-state index contributed by atoms with van der Waals surface area (Å²) >= 11 is 0. The number of hydrogen-bond acceptors (Lipinski definition) is 3. The first-order chi connectivity index (χ1) is 5.66. The second-order valence-corrected chi connectivity index (χ2v) is 4.65. The molecule has 0 aromatic heterocycles. The molecule has 0 bridgehead atoms. The zero-order valence-electron chi connectivity index (χ0n) is 8.13. The molecule has 12 heavy (non-hydrogen) atoms. The molecule has 1 unspecified atom stereocenters. The van der Waals surface area contributed by atoms with Crippen LogP contribution in [-0.4, -0.2) is 42.0 Å². The van der Waals surface area contributed by atoms with Gasteiger partial charge >= 0.3 is 0 Å². The molecule has 0 saturated heterocycles. The highest BCUT2D eigenvalue weighted by Crippen LogP contribution is 1.83. The van der Waals surface area contributed by atoms with Crippen molar-refractivity contribution in [3.8, 4) is 0 Å². The molecule has 0 saturated carbocycles. The van der Waals surface area contributed by atoms with Gasteiger partial charge in [0.25, 0.3) is 0 Å². The molecular formula is C8H19NO2S. The Kier molecular flexibility index (Phi) is 7.75. The van der Waals surface area contributed by atoms with Gasteiger partial charge in [0, 0.05) is 42.0 Å². The molecule has 0 aromatic carbocycles. The Balaban J connectivity index is 3.20. The van der Waals surface area contributed by atoms with E-state index in [0.717, 1.165) is 12.3 Å². The summed E-state index contributed by atoms with van der Waals surface area (Å²) in [5, 5.41) is 3.22. The van der Waals surface area contributed by atoms with Crippen LogP contribution in [0.5, 0.6) is 0 Å². The van der Waals surface area contributed by atoms with E-state index < -0.39 is 10.8 Å². The zero-order valence-corrected chi connectivity index (χ0v) is 8.95. The maximum absolute atomic E-state index is 11.2. The van der Waals surface area contributed by atoms with E-state index in [1.807, 2.05) is 0 Å². The van der Waals surface area contributed by atoms with Gasteiger partial charge in [0.15, 0.2) is 0 Å². The molecule has 0 heterocycles. The lowest BCUT2D eigenvalue weighted by atomic mass is 10.4. The van der Waals surface area contributed by atoms with Crippen LogP contribution in [0.4, 0.5) is 0 Å². The van der Waals surface area contributed by atoms with Crippen LogP contribution in [-0.2, 0) is 15.5 Å². The molecule has 0 spiro atoms. The van der Waals surface area contributed by atoms with Crippen LogP contribution in [0.3, 0.4) is 0 Å². The molecule has 1 atom stereocenters. The Bertz CT molecular complexity index is 128. The monoisotopic (exact) mass is 193 g/mol. The summed E-state index contributed by atoms with van der Waals surface area (Å²) < 4.78 is 16.0. The fourth-order valence-electron chi connectivity index (χ4n) is 0.740. The highest BCUT2D eigenvalue weighted by Gasteiger charge is 1.99. The topological polar surface area (TPSA) is 38.3 Å². The van der Waals surface area contributed by atoms with E-state index in [4.69, 9.17) is 4.74 Å². The van der Waals surface area contributed by atoms with Gasteiger partial charge in [-0.1, -0.05) is 13.8 Å². The van der Waals surface area contributed by atoms with Crippen molar-refractivity contribution in [3.63, 3.8) is 0 Å². The van der Waals surface area contributed by atoms with Crippen molar-refractivity contribution in [1.82, 2.24) is 5.32 Å². The minimum absolute atomic E-state index is 0.476. The quantitative estimate of drug-likeness (QED) is 0.635. The Labute approximate surface area is 77.3 Å². The van der Waals surface area contributed by atoms with Gasteiger partial charge in [0.05, 0.1) is 6.61 Å². The maximum Gasteiger partial charge on any atom is 0.0577 e. The smallest absolute Gasteiger partial charge is 0.0577 e. The molecule has 0 aliphatic carbocycles. The normalized spacial score (nSPS) is 13.7. The number of methoxy groups -OCH3 is 1. The molecule has 0 aliphatic rings. The van der Waals surface area contributed by atoms with Crippen molar-refractivity contribution in [3.05, 3.63) is 0 Å². The minimum atomic E-state index is -0.724. The largest absolute Gasteiger partial charge is 0.384 e. The average Bonchev–Trinajstić information content (AvgIpc) is 2.00. The summed E-state index contributed by atoms with van der Waals surface area (Å²) in [6.07, 6.45) is 0. The number of nitrogens with one attached hydrogen (secondary N) is 1. The van der Waals surface area contributed by atoms with Gasteiger partial charge in [-0.3, -0.25) is 4.21 Å². The van der Waals surface area contributed by atoms with Crippen molar-refractivity contribution in [2.45, 2.75) is 19.9 Å². The number of hydrogen-bond donors (Lipinski definition) is 1. The van der Waals surface area contributed by atoms with E-state index in [2.05, 4.69) is 19.2 Å². The summed E-state index contributed by atoms with van der Waals surface area (Å²) in [5.74, 6) is 1.37. The van der Waals surface area contributed by atoms with E-state index in [9.17, 15) is 4.21 Å². The third kappa shape index (κ3) is 8.17. The van der Waals surface area contributed by atoms with Gasteiger partial charge in [-0.2, -0.15) is 0 Å². The summed E-state index contributed by atoms with van der Waals surface area (Å²) in [7, 11) is 0.905. The van der Waals surface area contributed by atoms with Gasteiger partial charge in [-0.15, -0.1) is 0 Å². The number of ether oxygens (including phenoxy) is 1. The molecule has 0 aliphatic heterocycles. The predicted molar refractivity (Wildman–Crippen MR) is 52.9 cm³/mol. The highest BCUT2D eigenvalue weighted by molar-refractivity contribution is 7.85. The van der Waals surface area contributed by atoms with Crippen molar-refractivity contribution < 1.29 is 8.95 Å². The predicted octanol–water partition coefficient (Wildman–Crippen LogP) is 0.379. The van der Waals surface area contributed by atoms with Crippen molar-refractivity contribution in [2.75, 3.05) is 31.8 Å². The van der Waals surface area contributed by atoms with Crippen LogP contribution in [0.15, 0.2) is 0 Å². The van der Waals surface area contributed by atoms with Crippen LogP contribution in [0.1, 0.15) is 13.8 Å². The SMILES string of the molecule is COCCS(=O)CCNC(C)C. The second kappa shape index (κ2) is 7.71. The standard InChI is InChI=1S/C8H19NO2S/c1-8(2)9-4-6-12(10)7-5-11-3/h8-9H,4-7H2,1-3H3. The lowest BCUT2D eigenvalue weighted by Crippen LogP contribution is -2.28. The maximum atomic E-state index is 11.2. The Morgan fingerprint density at radius 2 is 2.08 bits per heavy atom. The number of rotatable bonds is 7.